The van der Waals surface area contributed by atoms with Crippen molar-refractivity contribution in [1.82, 2.24) is 0 Å². The number of aryl methyl sites for hydroxylation is 2. The fourth-order valence-electron chi connectivity index (χ4n) is 3.73. The molecule has 0 aliphatic carbocycles. The van der Waals surface area contributed by atoms with Crippen LogP contribution in [0.15, 0.2) is 74.5 Å². The Morgan fingerprint density at radius 1 is 0.871 bits per heavy atom. The van der Waals surface area contributed by atoms with Gasteiger partial charge in [0.2, 0.25) is 0 Å². The van der Waals surface area contributed by atoms with Crippen molar-refractivity contribution in [2.45, 2.75) is 20.8 Å². The summed E-state index contributed by atoms with van der Waals surface area (Å²) in [5.41, 5.74) is 2.93. The van der Waals surface area contributed by atoms with Gasteiger partial charge in [0.05, 0.1) is 35.5 Å². The minimum absolute atomic E-state index is 0.560. The Morgan fingerprint density at radius 3 is 2.19 bits per heavy atom. The summed E-state index contributed by atoms with van der Waals surface area (Å²) in [6.45, 7) is 6.48. The third-order valence-electron chi connectivity index (χ3n) is 5.14. The van der Waals surface area contributed by atoms with Gasteiger partial charge in [-0.1, -0.05) is 28.1 Å². The molecule has 0 amide bonds. The average Bonchev–Trinajstić information content (AvgIpc) is 2.97. The largest absolute Gasteiger partial charge is 0.497 e. The van der Waals surface area contributed by atoms with Gasteiger partial charge in [0.1, 0.15) is 23.0 Å². The van der Waals surface area contributed by atoms with Crippen LogP contribution in [0.25, 0.3) is 21.9 Å². The summed E-state index contributed by atoms with van der Waals surface area (Å²) in [5.74, 6) is 3.24. The Bertz CT molecular complexity index is 1290. The third-order valence-corrected chi connectivity index (χ3v) is 5.67. The third kappa shape index (κ3) is 4.37. The molecule has 0 saturated carbocycles. The predicted molar refractivity (Wildman–Crippen MR) is 128 cm³/mol. The molecule has 1 aromatic heterocycles. The van der Waals surface area contributed by atoms with Crippen molar-refractivity contribution in [2.75, 3.05) is 13.7 Å². The number of methoxy groups -OCH3 is 1. The molecule has 0 fully saturated rings. The first-order chi connectivity index (χ1) is 15.0. The van der Waals surface area contributed by atoms with Crippen LogP contribution in [0.2, 0.25) is 0 Å². The standard InChI is InChI=1S/C26H24BrNO3/c1-5-30-24-15-19(18-6-12-22(29-4)13-7-18)14-23(25-16(2)31-17(3)26(24)25)28-21-10-8-20(27)9-11-21/h6-15H,5H2,1-4H3. The van der Waals surface area contributed by atoms with Crippen LogP contribution in [0.1, 0.15) is 18.4 Å². The predicted octanol–water partition coefficient (Wildman–Crippen LogP) is 7.12. The highest BCUT2D eigenvalue weighted by Crippen LogP contribution is 2.34. The van der Waals surface area contributed by atoms with Crippen LogP contribution in [0.3, 0.4) is 0 Å². The summed E-state index contributed by atoms with van der Waals surface area (Å²) < 4.78 is 18.4. The van der Waals surface area contributed by atoms with Gasteiger partial charge in [-0.3, -0.25) is 0 Å². The zero-order valence-corrected chi connectivity index (χ0v) is 19.6. The van der Waals surface area contributed by atoms with Crippen molar-refractivity contribution in [3.05, 3.63) is 82.0 Å². The van der Waals surface area contributed by atoms with Crippen LogP contribution in [-0.2, 0) is 0 Å². The lowest BCUT2D eigenvalue weighted by atomic mass is 10.1. The first-order valence-corrected chi connectivity index (χ1v) is 10.9. The maximum absolute atomic E-state index is 6.07. The topological polar surface area (TPSA) is 44.0 Å². The number of hydrogen-bond acceptors (Lipinski definition) is 4. The molecular formula is C26H24BrNO3. The van der Waals surface area contributed by atoms with Crippen LogP contribution in [-0.4, -0.2) is 13.7 Å². The molecule has 4 aromatic rings. The lowest BCUT2D eigenvalue weighted by Gasteiger charge is -2.05. The lowest BCUT2D eigenvalue weighted by molar-refractivity contribution is 0.344. The molecule has 1 heterocycles. The maximum atomic E-state index is 6.07. The molecule has 3 aromatic carbocycles. The molecule has 31 heavy (non-hydrogen) atoms. The summed E-state index contributed by atoms with van der Waals surface area (Å²) in [4.78, 5) is 4.98. The van der Waals surface area contributed by atoms with Crippen LogP contribution in [0.4, 0.5) is 5.69 Å². The number of ether oxygens (including phenoxy) is 2. The van der Waals surface area contributed by atoms with E-state index in [-0.39, 0.29) is 0 Å². The fraction of sp³-hybridized carbons (Fsp3) is 0.192. The first kappa shape index (κ1) is 21.2. The number of benzene rings is 2. The van der Waals surface area contributed by atoms with E-state index in [0.717, 1.165) is 60.4 Å². The van der Waals surface area contributed by atoms with Gasteiger partial charge < -0.3 is 13.9 Å². The molecule has 0 aliphatic rings. The molecule has 0 N–H and O–H groups in total. The SMILES string of the molecule is CCOc1cc(-c2ccc(OC)cc2)cc(=Nc2ccc(Br)cc2)c2c(C)oc(C)c12. The van der Waals surface area contributed by atoms with Gasteiger partial charge in [-0.2, -0.15) is 0 Å². The van der Waals surface area contributed by atoms with Crippen molar-refractivity contribution in [2.24, 2.45) is 4.99 Å². The van der Waals surface area contributed by atoms with E-state index in [2.05, 4.69) is 28.1 Å². The van der Waals surface area contributed by atoms with Gasteiger partial charge in [0.25, 0.3) is 0 Å². The molecular weight excluding hydrogens is 454 g/mol. The quantitative estimate of drug-likeness (QED) is 0.307. The van der Waals surface area contributed by atoms with Crippen molar-refractivity contribution in [3.8, 4) is 22.6 Å². The Labute approximate surface area is 190 Å². The van der Waals surface area contributed by atoms with Crippen molar-refractivity contribution in [1.29, 1.82) is 0 Å². The van der Waals surface area contributed by atoms with Crippen LogP contribution < -0.4 is 14.8 Å². The second-order valence-electron chi connectivity index (χ2n) is 7.21. The van der Waals surface area contributed by atoms with E-state index in [1.165, 1.54) is 0 Å². The van der Waals surface area contributed by atoms with Crippen LogP contribution in [0, 0.1) is 13.8 Å². The number of halogens is 1. The van der Waals surface area contributed by atoms with Gasteiger partial charge in [-0.15, -0.1) is 0 Å². The van der Waals surface area contributed by atoms with Crippen LogP contribution >= 0.6 is 15.9 Å². The van der Waals surface area contributed by atoms with E-state index in [1.54, 1.807) is 7.11 Å². The summed E-state index contributed by atoms with van der Waals surface area (Å²) in [5, 5.41) is 2.75. The van der Waals surface area contributed by atoms with Gasteiger partial charge in [0, 0.05) is 4.47 Å². The number of nitrogens with zero attached hydrogens (tertiary/aromatic N) is 1. The number of hydrogen-bond donors (Lipinski definition) is 0. The minimum atomic E-state index is 0.560. The van der Waals surface area contributed by atoms with Gasteiger partial charge in [-0.05, 0) is 80.4 Å². The molecule has 0 unspecified atom stereocenters. The molecule has 0 saturated heterocycles. The van der Waals surface area contributed by atoms with Gasteiger partial charge in [0.15, 0.2) is 0 Å². The second-order valence-corrected chi connectivity index (χ2v) is 8.12. The van der Waals surface area contributed by atoms with E-state index < -0.39 is 0 Å². The van der Waals surface area contributed by atoms with Crippen molar-refractivity contribution in [3.63, 3.8) is 0 Å². The van der Waals surface area contributed by atoms with Crippen molar-refractivity contribution < 1.29 is 13.9 Å². The molecule has 5 heteroatoms. The molecule has 4 nitrogen and oxygen atoms in total. The molecule has 158 valence electrons. The van der Waals surface area contributed by atoms with E-state index in [4.69, 9.17) is 18.9 Å². The first-order valence-electron chi connectivity index (χ1n) is 10.2. The number of furan rings is 1. The highest BCUT2D eigenvalue weighted by Gasteiger charge is 2.15. The van der Waals surface area contributed by atoms with E-state index in [0.29, 0.717) is 6.61 Å². The summed E-state index contributed by atoms with van der Waals surface area (Å²) in [6.07, 6.45) is 0. The molecule has 4 rings (SSSR count). The Morgan fingerprint density at radius 2 is 1.55 bits per heavy atom. The van der Waals surface area contributed by atoms with Gasteiger partial charge >= 0.3 is 0 Å². The Kier molecular flexibility index (Phi) is 6.14. The van der Waals surface area contributed by atoms with Crippen LogP contribution in [0.5, 0.6) is 11.5 Å². The van der Waals surface area contributed by atoms with E-state index >= 15 is 0 Å². The average molecular weight is 478 g/mol. The highest BCUT2D eigenvalue weighted by molar-refractivity contribution is 9.10. The number of fused-ring (bicyclic) bond motifs is 1. The second kappa shape index (κ2) is 8.98. The van der Waals surface area contributed by atoms with E-state index in [1.807, 2.05) is 69.3 Å². The minimum Gasteiger partial charge on any atom is -0.497 e. The summed E-state index contributed by atoms with van der Waals surface area (Å²) in [7, 11) is 1.67. The zero-order valence-electron chi connectivity index (χ0n) is 18.0. The maximum Gasteiger partial charge on any atom is 0.131 e. The molecule has 0 radical (unpaired) electrons. The summed E-state index contributed by atoms with van der Waals surface area (Å²) >= 11 is 3.49. The Balaban J connectivity index is 2.08. The van der Waals surface area contributed by atoms with Gasteiger partial charge in [-0.25, -0.2) is 4.99 Å². The summed E-state index contributed by atoms with van der Waals surface area (Å²) in [6, 6.07) is 20.1. The normalized spacial score (nSPS) is 11.7. The highest BCUT2D eigenvalue weighted by atomic mass is 79.9. The molecule has 0 bridgehead atoms. The number of rotatable bonds is 5. The Hall–Kier alpha value is -3.05. The molecule has 0 spiro atoms. The molecule has 0 aliphatic heterocycles. The smallest absolute Gasteiger partial charge is 0.131 e. The van der Waals surface area contributed by atoms with Crippen molar-refractivity contribution >= 4 is 32.4 Å². The van der Waals surface area contributed by atoms with E-state index in [9.17, 15) is 0 Å². The zero-order chi connectivity index (χ0) is 22.0. The lowest BCUT2D eigenvalue weighted by Crippen LogP contribution is -2.00. The fourth-order valence-corrected chi connectivity index (χ4v) is 3.99. The monoisotopic (exact) mass is 477 g/mol. The molecule has 0 atom stereocenters.